The Bertz CT molecular complexity index is 827. The van der Waals surface area contributed by atoms with Gasteiger partial charge in [-0.15, -0.1) is 11.3 Å². The van der Waals surface area contributed by atoms with Crippen molar-refractivity contribution >= 4 is 44.6 Å². The Morgan fingerprint density at radius 3 is 2.57 bits per heavy atom. The Hall–Kier alpha value is -1.41. The number of hydrogen-bond donors (Lipinski definition) is 1. The molecule has 1 aliphatic heterocycles. The number of nitrogens with one attached hydrogen (secondary N) is 1. The van der Waals surface area contributed by atoms with Crippen molar-refractivity contribution in [2.45, 2.75) is 17.7 Å². The van der Waals surface area contributed by atoms with Crippen LogP contribution >= 0.6 is 22.9 Å². The van der Waals surface area contributed by atoms with Gasteiger partial charge in [0.1, 0.15) is 0 Å². The number of carbonyl (C=O) groups is 1. The lowest BCUT2D eigenvalue weighted by Crippen LogP contribution is -2.27. The van der Waals surface area contributed by atoms with E-state index in [1.54, 1.807) is 30.3 Å². The van der Waals surface area contributed by atoms with E-state index in [4.69, 9.17) is 11.6 Å². The molecular formula is C15H15ClN2O3S2. The van der Waals surface area contributed by atoms with Crippen LogP contribution < -0.4 is 5.32 Å². The molecule has 0 atom stereocenters. The summed E-state index contributed by atoms with van der Waals surface area (Å²) < 4.78 is 27.1. The molecular weight excluding hydrogens is 356 g/mol. The van der Waals surface area contributed by atoms with Gasteiger partial charge in [-0.25, -0.2) is 8.42 Å². The van der Waals surface area contributed by atoms with Gasteiger partial charge in [0.05, 0.1) is 14.1 Å². The summed E-state index contributed by atoms with van der Waals surface area (Å²) in [6.45, 7) is 1.10. The maximum absolute atomic E-state index is 12.5. The fourth-order valence-electron chi connectivity index (χ4n) is 2.44. The molecule has 1 aliphatic rings. The molecule has 1 aromatic carbocycles. The molecule has 5 nitrogen and oxygen atoms in total. The highest BCUT2D eigenvalue weighted by atomic mass is 35.5. The number of nitrogens with zero attached hydrogens (tertiary/aromatic N) is 1. The Balaban J connectivity index is 1.81. The second kappa shape index (κ2) is 6.60. The lowest BCUT2D eigenvalue weighted by Gasteiger charge is -2.16. The van der Waals surface area contributed by atoms with Crippen molar-refractivity contribution in [2.75, 3.05) is 18.4 Å². The zero-order chi connectivity index (χ0) is 16.4. The molecule has 1 fully saturated rings. The van der Waals surface area contributed by atoms with E-state index in [-0.39, 0.29) is 10.8 Å². The smallest absolute Gasteiger partial charge is 0.265 e. The number of hydrogen-bond acceptors (Lipinski definition) is 4. The molecule has 122 valence electrons. The van der Waals surface area contributed by atoms with E-state index in [1.807, 2.05) is 0 Å². The molecule has 0 unspecified atom stereocenters. The third kappa shape index (κ3) is 3.58. The first-order valence-electron chi connectivity index (χ1n) is 7.14. The van der Waals surface area contributed by atoms with Gasteiger partial charge in [-0.3, -0.25) is 4.79 Å². The number of thiophene rings is 1. The number of rotatable bonds is 4. The summed E-state index contributed by atoms with van der Waals surface area (Å²) in [4.78, 5) is 12.8. The van der Waals surface area contributed by atoms with Crippen LogP contribution in [-0.4, -0.2) is 31.7 Å². The minimum Gasteiger partial charge on any atom is -0.321 e. The van der Waals surface area contributed by atoms with Crippen LogP contribution in [-0.2, 0) is 10.0 Å². The molecule has 2 heterocycles. The van der Waals surface area contributed by atoms with Gasteiger partial charge in [0.15, 0.2) is 0 Å². The fourth-order valence-corrected chi connectivity index (χ4v) is 4.94. The molecule has 1 amide bonds. The Kier molecular flexibility index (Phi) is 4.72. The van der Waals surface area contributed by atoms with Crippen LogP contribution in [0.5, 0.6) is 0 Å². The van der Waals surface area contributed by atoms with E-state index in [0.29, 0.717) is 28.0 Å². The minimum atomic E-state index is -3.49. The zero-order valence-electron chi connectivity index (χ0n) is 12.2. The monoisotopic (exact) mass is 370 g/mol. The van der Waals surface area contributed by atoms with E-state index in [1.165, 1.54) is 21.7 Å². The summed E-state index contributed by atoms with van der Waals surface area (Å²) in [6, 6.07) is 9.60. The highest BCUT2D eigenvalue weighted by molar-refractivity contribution is 7.89. The topological polar surface area (TPSA) is 66.5 Å². The standard InChI is InChI=1S/C15H15ClN2O3S2/c16-14-7-6-13(22-14)15(19)17-11-4-3-5-12(10-11)23(20,21)18-8-1-2-9-18/h3-7,10H,1-2,8-9H2,(H,17,19). The summed E-state index contributed by atoms with van der Waals surface area (Å²) in [5, 5.41) is 2.70. The van der Waals surface area contributed by atoms with Gasteiger partial charge in [0, 0.05) is 18.8 Å². The van der Waals surface area contributed by atoms with Crippen molar-refractivity contribution in [1.82, 2.24) is 4.31 Å². The van der Waals surface area contributed by atoms with Gasteiger partial charge >= 0.3 is 0 Å². The third-order valence-electron chi connectivity index (χ3n) is 3.59. The largest absolute Gasteiger partial charge is 0.321 e. The first-order chi connectivity index (χ1) is 11.0. The number of halogens is 1. The van der Waals surface area contributed by atoms with E-state index in [2.05, 4.69) is 5.32 Å². The van der Waals surface area contributed by atoms with Crippen LogP contribution in [0.3, 0.4) is 0 Å². The molecule has 3 rings (SSSR count). The summed E-state index contributed by atoms with van der Waals surface area (Å²) in [5.74, 6) is -0.308. The van der Waals surface area contributed by atoms with Gasteiger partial charge in [0.2, 0.25) is 10.0 Å². The lowest BCUT2D eigenvalue weighted by atomic mass is 10.3. The van der Waals surface area contributed by atoms with E-state index in [0.717, 1.165) is 12.8 Å². The summed E-state index contributed by atoms with van der Waals surface area (Å²) in [5.41, 5.74) is 0.444. The van der Waals surface area contributed by atoms with Crippen molar-refractivity contribution in [1.29, 1.82) is 0 Å². The molecule has 0 bridgehead atoms. The number of benzene rings is 1. The predicted molar refractivity (Wildman–Crippen MR) is 91.7 cm³/mol. The number of sulfonamides is 1. The molecule has 0 aliphatic carbocycles. The third-order valence-corrected chi connectivity index (χ3v) is 6.72. The maximum Gasteiger partial charge on any atom is 0.265 e. The normalized spacial score (nSPS) is 15.7. The molecule has 1 N–H and O–H groups in total. The van der Waals surface area contributed by atoms with Gasteiger partial charge < -0.3 is 5.32 Å². The van der Waals surface area contributed by atoms with Crippen molar-refractivity contribution in [3.8, 4) is 0 Å². The first kappa shape index (κ1) is 16.4. The zero-order valence-corrected chi connectivity index (χ0v) is 14.5. The Morgan fingerprint density at radius 2 is 1.91 bits per heavy atom. The minimum absolute atomic E-state index is 0.196. The van der Waals surface area contributed by atoms with E-state index in [9.17, 15) is 13.2 Å². The first-order valence-corrected chi connectivity index (χ1v) is 9.77. The van der Waals surface area contributed by atoms with Gasteiger partial charge in [-0.05, 0) is 43.2 Å². The molecule has 23 heavy (non-hydrogen) atoms. The Labute approximate surface area is 143 Å². The fraction of sp³-hybridized carbons (Fsp3) is 0.267. The molecule has 8 heteroatoms. The van der Waals surface area contributed by atoms with E-state index >= 15 is 0 Å². The van der Waals surface area contributed by atoms with E-state index < -0.39 is 10.0 Å². The second-order valence-electron chi connectivity index (χ2n) is 5.20. The maximum atomic E-state index is 12.5. The highest BCUT2D eigenvalue weighted by Gasteiger charge is 2.27. The average molecular weight is 371 g/mol. The molecule has 0 radical (unpaired) electrons. The highest BCUT2D eigenvalue weighted by Crippen LogP contribution is 2.25. The van der Waals surface area contributed by atoms with Crippen LogP contribution in [0.2, 0.25) is 4.34 Å². The molecule has 0 spiro atoms. The van der Waals surface area contributed by atoms with Crippen molar-refractivity contribution in [2.24, 2.45) is 0 Å². The number of amides is 1. The van der Waals surface area contributed by atoms with Crippen LogP contribution in [0.25, 0.3) is 0 Å². The summed E-state index contributed by atoms with van der Waals surface area (Å²) in [6.07, 6.45) is 1.77. The van der Waals surface area contributed by atoms with Gasteiger partial charge in [0.25, 0.3) is 5.91 Å². The summed E-state index contributed by atoms with van der Waals surface area (Å²) in [7, 11) is -3.49. The molecule has 2 aromatic rings. The molecule has 1 saturated heterocycles. The van der Waals surface area contributed by atoms with Crippen molar-refractivity contribution in [3.05, 3.63) is 45.6 Å². The predicted octanol–water partition coefficient (Wildman–Crippen LogP) is 3.44. The molecule has 0 saturated carbocycles. The van der Waals surface area contributed by atoms with Crippen LogP contribution in [0, 0.1) is 0 Å². The average Bonchev–Trinajstić information content (AvgIpc) is 3.19. The van der Waals surface area contributed by atoms with Crippen LogP contribution in [0.15, 0.2) is 41.3 Å². The van der Waals surface area contributed by atoms with Gasteiger partial charge in [-0.2, -0.15) is 4.31 Å². The summed E-state index contributed by atoms with van der Waals surface area (Å²) >= 11 is 6.99. The SMILES string of the molecule is O=C(Nc1cccc(S(=O)(=O)N2CCCC2)c1)c1ccc(Cl)s1. The van der Waals surface area contributed by atoms with Crippen LogP contribution in [0.1, 0.15) is 22.5 Å². The number of carbonyl (C=O) groups excluding carboxylic acids is 1. The second-order valence-corrected chi connectivity index (χ2v) is 8.85. The quantitative estimate of drug-likeness (QED) is 0.896. The molecule has 1 aromatic heterocycles. The lowest BCUT2D eigenvalue weighted by molar-refractivity contribution is 0.103. The van der Waals surface area contributed by atoms with Crippen LogP contribution in [0.4, 0.5) is 5.69 Å². The van der Waals surface area contributed by atoms with Crippen molar-refractivity contribution < 1.29 is 13.2 Å². The Morgan fingerprint density at radius 1 is 1.17 bits per heavy atom. The van der Waals surface area contributed by atoms with Gasteiger partial charge in [-0.1, -0.05) is 17.7 Å². The van der Waals surface area contributed by atoms with Crippen molar-refractivity contribution in [3.63, 3.8) is 0 Å². The number of anilines is 1.